The standard InChI is InChI=1S/C22H45N.ClH/c1-20(2)14-8-6-12-18-23(22-16-10-5-11-17-22)19-13-7-9-15-21(3)4;/h20-22H,5-19H2,1-4H3;1H. The van der Waals surface area contributed by atoms with Crippen LogP contribution in [0.25, 0.3) is 0 Å². The molecule has 0 aromatic carbocycles. The van der Waals surface area contributed by atoms with Crippen molar-refractivity contribution in [2.45, 2.75) is 117 Å². The van der Waals surface area contributed by atoms with Gasteiger partial charge in [-0.25, -0.2) is 0 Å². The van der Waals surface area contributed by atoms with Crippen LogP contribution in [0.15, 0.2) is 0 Å². The van der Waals surface area contributed by atoms with E-state index in [0.29, 0.717) is 0 Å². The number of rotatable bonds is 13. The fourth-order valence-electron chi connectivity index (χ4n) is 4.01. The molecule has 1 fully saturated rings. The van der Waals surface area contributed by atoms with Gasteiger partial charge in [0.15, 0.2) is 0 Å². The maximum atomic E-state index is 2.88. The molecule has 146 valence electrons. The third-order valence-corrected chi connectivity index (χ3v) is 5.54. The van der Waals surface area contributed by atoms with Crippen LogP contribution < -0.4 is 0 Å². The first-order valence-corrected chi connectivity index (χ1v) is 10.8. The van der Waals surface area contributed by atoms with Gasteiger partial charge in [0.05, 0.1) is 0 Å². The van der Waals surface area contributed by atoms with Crippen LogP contribution in [0.3, 0.4) is 0 Å². The molecule has 0 bridgehead atoms. The van der Waals surface area contributed by atoms with Crippen molar-refractivity contribution in [1.82, 2.24) is 4.90 Å². The molecular weight excluding hydrogens is 314 g/mol. The average Bonchev–Trinajstić information content (AvgIpc) is 2.52. The van der Waals surface area contributed by atoms with E-state index < -0.39 is 0 Å². The minimum atomic E-state index is 0. The molecule has 0 radical (unpaired) electrons. The molecule has 1 nitrogen and oxygen atoms in total. The van der Waals surface area contributed by atoms with Gasteiger partial charge in [0, 0.05) is 6.04 Å². The second-order valence-electron chi connectivity index (χ2n) is 8.81. The van der Waals surface area contributed by atoms with Crippen LogP contribution in [0.5, 0.6) is 0 Å². The van der Waals surface area contributed by atoms with E-state index in [0.717, 1.165) is 17.9 Å². The minimum Gasteiger partial charge on any atom is -0.300 e. The zero-order chi connectivity index (χ0) is 16.9. The SMILES string of the molecule is CC(C)CCCCCN(CCCCCC(C)C)C1CCCCC1.Cl. The van der Waals surface area contributed by atoms with E-state index >= 15 is 0 Å². The summed E-state index contributed by atoms with van der Waals surface area (Å²) in [7, 11) is 0. The lowest BCUT2D eigenvalue weighted by Crippen LogP contribution is -2.38. The highest BCUT2D eigenvalue weighted by Gasteiger charge is 2.20. The number of halogens is 1. The number of unbranched alkanes of at least 4 members (excludes halogenated alkanes) is 4. The lowest BCUT2D eigenvalue weighted by Gasteiger charge is -2.34. The first-order valence-electron chi connectivity index (χ1n) is 10.8. The van der Waals surface area contributed by atoms with Crippen molar-refractivity contribution in [1.29, 1.82) is 0 Å². The second kappa shape index (κ2) is 15.5. The van der Waals surface area contributed by atoms with E-state index in [4.69, 9.17) is 0 Å². The van der Waals surface area contributed by atoms with Crippen molar-refractivity contribution in [3.8, 4) is 0 Å². The molecule has 0 heterocycles. The molecule has 0 aromatic rings. The summed E-state index contributed by atoms with van der Waals surface area (Å²) in [5.74, 6) is 1.76. The zero-order valence-electron chi connectivity index (χ0n) is 17.2. The molecule has 0 aromatic heterocycles. The van der Waals surface area contributed by atoms with Crippen molar-refractivity contribution >= 4 is 12.4 Å². The van der Waals surface area contributed by atoms with Gasteiger partial charge in [0.1, 0.15) is 0 Å². The Labute approximate surface area is 159 Å². The van der Waals surface area contributed by atoms with E-state index in [2.05, 4.69) is 32.6 Å². The summed E-state index contributed by atoms with van der Waals surface area (Å²) in [4.78, 5) is 2.88. The normalized spacial score (nSPS) is 16.1. The molecule has 0 N–H and O–H groups in total. The monoisotopic (exact) mass is 359 g/mol. The van der Waals surface area contributed by atoms with E-state index in [1.165, 1.54) is 96.6 Å². The van der Waals surface area contributed by atoms with Crippen LogP contribution in [0, 0.1) is 11.8 Å². The first-order chi connectivity index (χ1) is 11.1. The van der Waals surface area contributed by atoms with E-state index in [-0.39, 0.29) is 12.4 Å². The number of hydrogen-bond acceptors (Lipinski definition) is 1. The van der Waals surface area contributed by atoms with Crippen LogP contribution in [0.2, 0.25) is 0 Å². The molecule has 1 aliphatic carbocycles. The second-order valence-corrected chi connectivity index (χ2v) is 8.81. The van der Waals surface area contributed by atoms with Gasteiger partial charge in [-0.1, -0.05) is 85.5 Å². The largest absolute Gasteiger partial charge is 0.300 e. The van der Waals surface area contributed by atoms with Crippen molar-refractivity contribution in [3.63, 3.8) is 0 Å². The smallest absolute Gasteiger partial charge is 0.00952 e. The molecule has 1 rings (SSSR count). The molecule has 24 heavy (non-hydrogen) atoms. The summed E-state index contributed by atoms with van der Waals surface area (Å²) in [6, 6.07) is 0.916. The van der Waals surface area contributed by atoms with Gasteiger partial charge in [0.2, 0.25) is 0 Å². The molecule has 0 aliphatic heterocycles. The predicted octanol–water partition coefficient (Wildman–Crippen LogP) is 7.48. The van der Waals surface area contributed by atoms with E-state index in [9.17, 15) is 0 Å². The van der Waals surface area contributed by atoms with Crippen LogP contribution in [0.4, 0.5) is 0 Å². The maximum absolute atomic E-state index is 2.88. The fourth-order valence-corrected chi connectivity index (χ4v) is 4.01. The van der Waals surface area contributed by atoms with Gasteiger partial charge < -0.3 is 4.90 Å². The molecule has 1 aliphatic rings. The first kappa shape index (κ1) is 24.2. The number of nitrogens with zero attached hydrogens (tertiary/aromatic N) is 1. The fraction of sp³-hybridized carbons (Fsp3) is 1.00. The molecule has 0 spiro atoms. The summed E-state index contributed by atoms with van der Waals surface area (Å²) < 4.78 is 0. The Morgan fingerprint density at radius 3 is 1.54 bits per heavy atom. The lowest BCUT2D eigenvalue weighted by atomic mass is 9.93. The molecule has 0 atom stereocenters. The van der Waals surface area contributed by atoms with Gasteiger partial charge in [-0.2, -0.15) is 0 Å². The topological polar surface area (TPSA) is 3.24 Å². The van der Waals surface area contributed by atoms with Gasteiger partial charge in [-0.3, -0.25) is 0 Å². The van der Waals surface area contributed by atoms with Crippen molar-refractivity contribution in [2.24, 2.45) is 11.8 Å². The molecule has 0 unspecified atom stereocenters. The average molecular weight is 360 g/mol. The predicted molar refractivity (Wildman–Crippen MR) is 112 cm³/mol. The minimum absolute atomic E-state index is 0. The molecule has 0 amide bonds. The van der Waals surface area contributed by atoms with E-state index in [1.807, 2.05) is 0 Å². The third-order valence-electron chi connectivity index (χ3n) is 5.54. The third kappa shape index (κ3) is 12.6. The van der Waals surface area contributed by atoms with E-state index in [1.54, 1.807) is 0 Å². The lowest BCUT2D eigenvalue weighted by molar-refractivity contribution is 0.149. The van der Waals surface area contributed by atoms with Crippen LogP contribution in [-0.4, -0.2) is 24.0 Å². The van der Waals surface area contributed by atoms with Crippen molar-refractivity contribution in [2.75, 3.05) is 13.1 Å². The Morgan fingerprint density at radius 1 is 0.667 bits per heavy atom. The quantitative estimate of drug-likeness (QED) is 0.308. The van der Waals surface area contributed by atoms with Gasteiger partial charge in [-0.05, 0) is 50.6 Å². The molecule has 0 saturated heterocycles. The van der Waals surface area contributed by atoms with Gasteiger partial charge in [0.25, 0.3) is 0 Å². The Bertz CT molecular complexity index is 241. The summed E-state index contributed by atoms with van der Waals surface area (Å²) in [5, 5.41) is 0. The Balaban J connectivity index is 0.00000529. The summed E-state index contributed by atoms with van der Waals surface area (Å²) >= 11 is 0. The molecular formula is C22H46ClN. The molecule has 1 saturated carbocycles. The van der Waals surface area contributed by atoms with Crippen LogP contribution in [0.1, 0.15) is 111 Å². The Hall–Kier alpha value is 0.250. The highest BCUT2D eigenvalue weighted by atomic mass is 35.5. The zero-order valence-corrected chi connectivity index (χ0v) is 18.0. The number of hydrogen-bond donors (Lipinski definition) is 0. The highest BCUT2D eigenvalue weighted by Crippen LogP contribution is 2.24. The maximum Gasteiger partial charge on any atom is 0.00952 e. The van der Waals surface area contributed by atoms with Gasteiger partial charge in [-0.15, -0.1) is 12.4 Å². The summed E-state index contributed by atoms with van der Waals surface area (Å²) in [6.45, 7) is 12.1. The van der Waals surface area contributed by atoms with Gasteiger partial charge >= 0.3 is 0 Å². The summed E-state index contributed by atoms with van der Waals surface area (Å²) in [6.07, 6.45) is 18.8. The Kier molecular flexibility index (Phi) is 15.7. The summed E-state index contributed by atoms with van der Waals surface area (Å²) in [5.41, 5.74) is 0. The van der Waals surface area contributed by atoms with Crippen molar-refractivity contribution < 1.29 is 0 Å². The highest BCUT2D eigenvalue weighted by molar-refractivity contribution is 5.85. The Morgan fingerprint density at radius 2 is 1.12 bits per heavy atom. The van der Waals surface area contributed by atoms with Crippen LogP contribution in [-0.2, 0) is 0 Å². The van der Waals surface area contributed by atoms with Crippen LogP contribution >= 0.6 is 12.4 Å². The van der Waals surface area contributed by atoms with Crippen molar-refractivity contribution in [3.05, 3.63) is 0 Å². The molecule has 2 heteroatoms.